The van der Waals surface area contributed by atoms with Gasteiger partial charge in [0, 0.05) is 16.0 Å². The fraction of sp³-hybridized carbons (Fsp3) is 0.0833. The second-order valence-corrected chi connectivity index (χ2v) is 7.42. The van der Waals surface area contributed by atoms with Crippen LogP contribution in [0.3, 0.4) is 0 Å². The van der Waals surface area contributed by atoms with Crippen LogP contribution in [0.5, 0.6) is 0 Å². The van der Waals surface area contributed by atoms with Crippen molar-refractivity contribution < 1.29 is 0 Å². The van der Waals surface area contributed by atoms with Crippen molar-refractivity contribution in [3.05, 3.63) is 87.1 Å². The lowest BCUT2D eigenvalue weighted by molar-refractivity contribution is 1.40. The largest absolute Gasteiger partial charge is 0.265 e. The number of nitrogens with zero attached hydrogens (tertiary/aromatic N) is 2. The van der Waals surface area contributed by atoms with Gasteiger partial charge in [0.05, 0.1) is 11.4 Å². The van der Waals surface area contributed by atoms with Gasteiger partial charge in [-0.2, -0.15) is 0 Å². The second kappa shape index (κ2) is 8.56. The zero-order valence-corrected chi connectivity index (χ0v) is 16.5. The van der Waals surface area contributed by atoms with Crippen LogP contribution in [-0.2, 0) is 0 Å². The molecular formula is C24H22N2S. The minimum Gasteiger partial charge on any atom is -0.265 e. The number of aliphatic imine (C=N–C) groups is 2. The summed E-state index contributed by atoms with van der Waals surface area (Å²) in [7, 11) is 0. The lowest BCUT2D eigenvalue weighted by Gasteiger charge is -2.04. The molecule has 0 spiro atoms. The fourth-order valence-corrected chi connectivity index (χ4v) is 3.47. The van der Waals surface area contributed by atoms with E-state index in [1.165, 1.54) is 22.3 Å². The van der Waals surface area contributed by atoms with Gasteiger partial charge in [-0.25, -0.2) is 0 Å². The van der Waals surface area contributed by atoms with Crippen molar-refractivity contribution in [2.75, 3.05) is 0 Å². The Balaban J connectivity index is 1.76. The normalized spacial score (nSPS) is 11.3. The Labute approximate surface area is 165 Å². The van der Waals surface area contributed by atoms with Crippen LogP contribution in [0.1, 0.15) is 32.0 Å². The molecule has 0 N–H and O–H groups in total. The van der Waals surface area contributed by atoms with Crippen molar-refractivity contribution in [2.24, 2.45) is 9.98 Å². The van der Waals surface area contributed by atoms with E-state index >= 15 is 0 Å². The molecule has 0 aliphatic rings. The number of thiophene rings is 1. The molecule has 27 heavy (non-hydrogen) atoms. The zero-order valence-electron chi connectivity index (χ0n) is 15.6. The third-order valence-corrected chi connectivity index (χ3v) is 5.34. The molecule has 0 saturated heterocycles. The molecule has 0 saturated carbocycles. The molecule has 1 aromatic heterocycles. The van der Waals surface area contributed by atoms with Crippen LogP contribution in [0.15, 0.2) is 65.1 Å². The molecule has 0 atom stereocenters. The Morgan fingerprint density at radius 2 is 1.41 bits per heavy atom. The Morgan fingerprint density at radius 1 is 0.815 bits per heavy atom. The summed E-state index contributed by atoms with van der Waals surface area (Å²) >= 11 is 1.68. The van der Waals surface area contributed by atoms with Gasteiger partial charge in [0.25, 0.3) is 0 Å². The molecule has 2 nitrogen and oxygen atoms in total. The molecule has 0 radical (unpaired) electrons. The highest BCUT2D eigenvalue weighted by molar-refractivity contribution is 7.14. The molecule has 0 bridgehead atoms. The van der Waals surface area contributed by atoms with Gasteiger partial charge in [-0.3, -0.25) is 9.98 Å². The summed E-state index contributed by atoms with van der Waals surface area (Å²) in [6, 6.07) is 16.5. The molecule has 3 heteroatoms. The van der Waals surface area contributed by atoms with E-state index in [-0.39, 0.29) is 0 Å². The van der Waals surface area contributed by atoms with E-state index in [4.69, 9.17) is 0 Å². The van der Waals surface area contributed by atoms with E-state index in [0.717, 1.165) is 21.1 Å². The summed E-state index contributed by atoms with van der Waals surface area (Å²) in [5.41, 5.74) is 6.60. The predicted molar refractivity (Wildman–Crippen MR) is 122 cm³/mol. The van der Waals surface area contributed by atoms with Crippen LogP contribution in [0, 0.1) is 13.8 Å². The van der Waals surface area contributed by atoms with Gasteiger partial charge < -0.3 is 0 Å². The number of benzene rings is 2. The van der Waals surface area contributed by atoms with E-state index in [2.05, 4.69) is 79.6 Å². The Hall–Kier alpha value is -3.04. The average molecular weight is 371 g/mol. The van der Waals surface area contributed by atoms with E-state index in [1.54, 1.807) is 11.3 Å². The van der Waals surface area contributed by atoms with Crippen LogP contribution in [0.2, 0.25) is 0 Å². The summed E-state index contributed by atoms with van der Waals surface area (Å²) in [4.78, 5) is 10.8. The third kappa shape index (κ3) is 4.78. The van der Waals surface area contributed by atoms with Crippen molar-refractivity contribution in [3.63, 3.8) is 0 Å². The van der Waals surface area contributed by atoms with Gasteiger partial charge in [0.2, 0.25) is 0 Å². The van der Waals surface area contributed by atoms with E-state index in [1.807, 2.05) is 30.5 Å². The van der Waals surface area contributed by atoms with Crippen molar-refractivity contribution in [2.45, 2.75) is 13.8 Å². The predicted octanol–water partition coefficient (Wildman–Crippen LogP) is 7.26. The summed E-state index contributed by atoms with van der Waals surface area (Å²) in [6.07, 6.45) is 8.04. The first-order valence-corrected chi connectivity index (χ1v) is 9.53. The lowest BCUT2D eigenvalue weighted by Crippen LogP contribution is -1.82. The van der Waals surface area contributed by atoms with Gasteiger partial charge in [0.1, 0.15) is 0 Å². The molecule has 0 aliphatic carbocycles. The van der Waals surface area contributed by atoms with Crippen LogP contribution >= 0.6 is 11.3 Å². The maximum atomic E-state index is 4.59. The topological polar surface area (TPSA) is 24.7 Å². The first kappa shape index (κ1) is 18.7. The number of rotatable bonds is 6. The van der Waals surface area contributed by atoms with Gasteiger partial charge in [0.15, 0.2) is 0 Å². The van der Waals surface area contributed by atoms with Crippen molar-refractivity contribution in [3.8, 4) is 0 Å². The van der Waals surface area contributed by atoms with Crippen LogP contribution in [0.25, 0.3) is 18.2 Å². The van der Waals surface area contributed by atoms with Gasteiger partial charge in [-0.15, -0.1) is 11.3 Å². The zero-order chi connectivity index (χ0) is 19.2. The summed E-state index contributed by atoms with van der Waals surface area (Å²) in [5.74, 6) is 0. The third-order valence-electron chi connectivity index (χ3n) is 4.32. The van der Waals surface area contributed by atoms with E-state index < -0.39 is 0 Å². The average Bonchev–Trinajstić information content (AvgIpc) is 3.14. The highest BCUT2D eigenvalue weighted by atomic mass is 32.1. The van der Waals surface area contributed by atoms with Gasteiger partial charge >= 0.3 is 0 Å². The first-order valence-electron chi connectivity index (χ1n) is 8.71. The second-order valence-electron chi connectivity index (χ2n) is 6.28. The molecule has 134 valence electrons. The molecule has 2 aromatic carbocycles. The van der Waals surface area contributed by atoms with E-state index in [0.29, 0.717) is 0 Å². The smallest absolute Gasteiger partial charge is 0.0633 e. The SMILES string of the molecule is C=Cc1ccc(/C=N/c2ccc(/C=C/c3ccc(N=C)cc3C)c(C)c2)s1. The maximum Gasteiger partial charge on any atom is 0.0633 e. The van der Waals surface area contributed by atoms with Crippen molar-refractivity contribution in [1.29, 1.82) is 0 Å². The molecule has 1 heterocycles. The molecular weight excluding hydrogens is 348 g/mol. The Morgan fingerprint density at radius 3 is 1.96 bits per heavy atom. The van der Waals surface area contributed by atoms with Crippen molar-refractivity contribution in [1.82, 2.24) is 0 Å². The minimum absolute atomic E-state index is 0.897. The summed E-state index contributed by atoms with van der Waals surface area (Å²) < 4.78 is 0. The molecule has 3 rings (SSSR count). The highest BCUT2D eigenvalue weighted by Crippen LogP contribution is 2.23. The standard InChI is InChI=1S/C24H22N2S/c1-5-23-12-13-24(27-23)16-26-22-11-9-20(18(3)15-22)7-6-19-8-10-21(25-4)14-17(19)2/h5-16H,1,4H2,2-3H3/b7-6+,26-16+. The fourth-order valence-electron chi connectivity index (χ4n) is 2.74. The number of hydrogen-bond donors (Lipinski definition) is 0. The summed E-state index contributed by atoms with van der Waals surface area (Å²) in [5, 5.41) is 0. The summed E-state index contributed by atoms with van der Waals surface area (Å²) in [6.45, 7) is 11.6. The minimum atomic E-state index is 0.897. The van der Waals surface area contributed by atoms with Gasteiger partial charge in [-0.05, 0) is 79.2 Å². The number of aryl methyl sites for hydroxylation is 2. The van der Waals surface area contributed by atoms with Crippen LogP contribution in [0.4, 0.5) is 11.4 Å². The highest BCUT2D eigenvalue weighted by Gasteiger charge is 2.00. The molecule has 0 amide bonds. The van der Waals surface area contributed by atoms with Crippen molar-refractivity contribution >= 4 is 53.9 Å². The molecule has 0 aliphatic heterocycles. The monoisotopic (exact) mass is 370 g/mol. The molecule has 0 unspecified atom stereocenters. The number of hydrogen-bond acceptors (Lipinski definition) is 3. The maximum absolute atomic E-state index is 4.59. The first-order chi connectivity index (χ1) is 13.1. The van der Waals surface area contributed by atoms with Gasteiger partial charge in [-0.1, -0.05) is 36.9 Å². The molecule has 0 fully saturated rings. The van der Waals surface area contributed by atoms with Crippen LogP contribution in [-0.4, -0.2) is 12.9 Å². The lowest BCUT2D eigenvalue weighted by atomic mass is 10.0. The Kier molecular flexibility index (Phi) is 5.94. The molecule has 3 aromatic rings. The Bertz CT molecular complexity index is 1040. The van der Waals surface area contributed by atoms with Crippen LogP contribution < -0.4 is 0 Å². The quantitative estimate of drug-likeness (QED) is 0.322. The van der Waals surface area contributed by atoms with E-state index in [9.17, 15) is 0 Å².